The fraction of sp³-hybridized carbons (Fsp3) is 0.769. The topological polar surface area (TPSA) is 50.1 Å². The van der Waals surface area contributed by atoms with Gasteiger partial charge in [-0.25, -0.2) is 0 Å². The van der Waals surface area contributed by atoms with Crippen LogP contribution in [-0.4, -0.2) is 33.6 Å². The normalized spacial score (nSPS) is 20.6. The van der Waals surface area contributed by atoms with Crippen molar-refractivity contribution in [2.75, 3.05) is 6.54 Å². The number of aliphatic hydroxyl groups excluding tert-OH is 1. The van der Waals surface area contributed by atoms with E-state index in [0.29, 0.717) is 19.1 Å². The second-order valence-electron chi connectivity index (χ2n) is 5.12. The molecule has 2 atom stereocenters. The Kier molecular flexibility index (Phi) is 4.57. The molecule has 1 fully saturated rings. The molecule has 0 bridgehead atoms. The van der Waals surface area contributed by atoms with Crippen molar-refractivity contribution in [3.8, 4) is 0 Å². The van der Waals surface area contributed by atoms with E-state index in [1.165, 1.54) is 25.7 Å². The summed E-state index contributed by atoms with van der Waals surface area (Å²) in [6.07, 6.45) is 8.66. The second-order valence-corrected chi connectivity index (χ2v) is 5.12. The van der Waals surface area contributed by atoms with E-state index in [1.807, 2.05) is 12.3 Å². The highest BCUT2D eigenvalue weighted by Gasteiger charge is 2.21. The fourth-order valence-electron chi connectivity index (χ4n) is 2.63. The number of nitrogens with zero attached hydrogens (tertiary/aromatic N) is 2. The van der Waals surface area contributed by atoms with Gasteiger partial charge in [0.15, 0.2) is 0 Å². The average molecular weight is 237 g/mol. The summed E-state index contributed by atoms with van der Waals surface area (Å²) in [6.45, 7) is 3.45. The molecule has 4 nitrogen and oxygen atoms in total. The number of hydrogen-bond donors (Lipinski definition) is 2. The molecule has 0 aromatic carbocycles. The van der Waals surface area contributed by atoms with Gasteiger partial charge in [0.25, 0.3) is 0 Å². The lowest BCUT2D eigenvalue weighted by atomic mass is 10.00. The SMILES string of the molecule is CC(NCC(O)Cn1cccn1)C1CCCC1. The monoisotopic (exact) mass is 237 g/mol. The Morgan fingerprint density at radius 3 is 2.88 bits per heavy atom. The lowest BCUT2D eigenvalue weighted by Crippen LogP contribution is -2.39. The lowest BCUT2D eigenvalue weighted by Gasteiger charge is -2.22. The number of rotatable bonds is 6. The number of nitrogens with one attached hydrogen (secondary N) is 1. The van der Waals surface area contributed by atoms with Crippen LogP contribution in [0.15, 0.2) is 18.5 Å². The summed E-state index contributed by atoms with van der Waals surface area (Å²) in [5, 5.41) is 17.4. The van der Waals surface area contributed by atoms with Crippen LogP contribution in [0.5, 0.6) is 0 Å². The summed E-state index contributed by atoms with van der Waals surface area (Å²) in [7, 11) is 0. The molecule has 1 aliphatic rings. The van der Waals surface area contributed by atoms with Crippen molar-refractivity contribution in [3.63, 3.8) is 0 Å². The Bertz CT molecular complexity index is 306. The molecule has 2 unspecified atom stereocenters. The zero-order valence-electron chi connectivity index (χ0n) is 10.5. The van der Waals surface area contributed by atoms with Crippen LogP contribution in [0, 0.1) is 5.92 Å². The maximum Gasteiger partial charge on any atom is 0.0860 e. The molecule has 0 radical (unpaired) electrons. The molecular weight excluding hydrogens is 214 g/mol. The maximum absolute atomic E-state index is 9.89. The number of hydrogen-bond acceptors (Lipinski definition) is 3. The minimum Gasteiger partial charge on any atom is -0.390 e. The van der Waals surface area contributed by atoms with E-state index in [0.717, 1.165) is 5.92 Å². The molecule has 0 spiro atoms. The summed E-state index contributed by atoms with van der Waals surface area (Å²) in [5.74, 6) is 0.798. The second kappa shape index (κ2) is 6.17. The molecule has 1 aliphatic carbocycles. The van der Waals surface area contributed by atoms with Gasteiger partial charge in [-0.3, -0.25) is 4.68 Å². The minimum atomic E-state index is -0.362. The largest absolute Gasteiger partial charge is 0.390 e. The van der Waals surface area contributed by atoms with Gasteiger partial charge in [0.2, 0.25) is 0 Å². The summed E-state index contributed by atoms with van der Waals surface area (Å²) >= 11 is 0. The van der Waals surface area contributed by atoms with Crippen molar-refractivity contribution in [2.45, 2.75) is 51.3 Å². The van der Waals surface area contributed by atoms with Crippen molar-refractivity contribution < 1.29 is 5.11 Å². The predicted octanol–water partition coefficient (Wildman–Crippen LogP) is 1.41. The Labute approximate surface area is 103 Å². The van der Waals surface area contributed by atoms with E-state index >= 15 is 0 Å². The van der Waals surface area contributed by atoms with Gasteiger partial charge in [-0.1, -0.05) is 12.8 Å². The van der Waals surface area contributed by atoms with Gasteiger partial charge < -0.3 is 10.4 Å². The highest BCUT2D eigenvalue weighted by molar-refractivity contribution is 4.80. The van der Waals surface area contributed by atoms with Crippen LogP contribution in [-0.2, 0) is 6.54 Å². The summed E-state index contributed by atoms with van der Waals surface area (Å²) < 4.78 is 1.77. The summed E-state index contributed by atoms with van der Waals surface area (Å²) in [4.78, 5) is 0. The smallest absolute Gasteiger partial charge is 0.0860 e. The fourth-order valence-corrected chi connectivity index (χ4v) is 2.63. The molecule has 0 amide bonds. The molecule has 2 N–H and O–H groups in total. The zero-order chi connectivity index (χ0) is 12.1. The van der Waals surface area contributed by atoms with Crippen LogP contribution in [0.25, 0.3) is 0 Å². The van der Waals surface area contributed by atoms with E-state index in [4.69, 9.17) is 0 Å². The first-order valence-corrected chi connectivity index (χ1v) is 6.64. The quantitative estimate of drug-likeness (QED) is 0.786. The average Bonchev–Trinajstić information content (AvgIpc) is 2.97. The molecule has 96 valence electrons. The van der Waals surface area contributed by atoms with Crippen LogP contribution in [0.3, 0.4) is 0 Å². The Morgan fingerprint density at radius 2 is 2.24 bits per heavy atom. The highest BCUT2D eigenvalue weighted by Crippen LogP contribution is 2.27. The van der Waals surface area contributed by atoms with Crippen LogP contribution in [0.4, 0.5) is 0 Å². The Hall–Kier alpha value is -0.870. The van der Waals surface area contributed by atoms with E-state index in [9.17, 15) is 5.11 Å². The van der Waals surface area contributed by atoms with Crippen molar-refractivity contribution in [1.29, 1.82) is 0 Å². The molecule has 1 aromatic heterocycles. The first-order chi connectivity index (χ1) is 8.25. The summed E-state index contributed by atoms with van der Waals surface area (Å²) in [6, 6.07) is 2.39. The highest BCUT2D eigenvalue weighted by atomic mass is 16.3. The van der Waals surface area contributed by atoms with Crippen molar-refractivity contribution in [1.82, 2.24) is 15.1 Å². The molecule has 0 aliphatic heterocycles. The third-order valence-electron chi connectivity index (χ3n) is 3.74. The maximum atomic E-state index is 9.89. The van der Waals surface area contributed by atoms with Gasteiger partial charge in [-0.05, 0) is 31.7 Å². The van der Waals surface area contributed by atoms with Gasteiger partial charge >= 0.3 is 0 Å². The van der Waals surface area contributed by atoms with Crippen LogP contribution < -0.4 is 5.32 Å². The first-order valence-electron chi connectivity index (χ1n) is 6.64. The van der Waals surface area contributed by atoms with Crippen LogP contribution >= 0.6 is 0 Å². The molecule has 0 saturated heterocycles. The van der Waals surface area contributed by atoms with E-state index in [1.54, 1.807) is 10.9 Å². The lowest BCUT2D eigenvalue weighted by molar-refractivity contribution is 0.140. The van der Waals surface area contributed by atoms with Crippen LogP contribution in [0.2, 0.25) is 0 Å². The standard InChI is InChI=1S/C13H23N3O/c1-11(12-5-2-3-6-12)14-9-13(17)10-16-8-4-7-15-16/h4,7-8,11-14,17H,2-3,5-6,9-10H2,1H3. The first kappa shape index (κ1) is 12.6. The van der Waals surface area contributed by atoms with Crippen LogP contribution in [0.1, 0.15) is 32.6 Å². The van der Waals surface area contributed by atoms with E-state index < -0.39 is 0 Å². The zero-order valence-corrected chi connectivity index (χ0v) is 10.5. The Balaban J connectivity index is 1.66. The number of aliphatic hydroxyl groups is 1. The van der Waals surface area contributed by atoms with Gasteiger partial charge in [0, 0.05) is 25.0 Å². The van der Waals surface area contributed by atoms with Gasteiger partial charge in [0.1, 0.15) is 0 Å². The summed E-state index contributed by atoms with van der Waals surface area (Å²) in [5.41, 5.74) is 0. The Morgan fingerprint density at radius 1 is 1.47 bits per heavy atom. The van der Waals surface area contributed by atoms with Gasteiger partial charge in [0.05, 0.1) is 12.6 Å². The predicted molar refractivity (Wildman–Crippen MR) is 67.7 cm³/mol. The minimum absolute atomic E-state index is 0.362. The molecule has 2 rings (SSSR count). The van der Waals surface area contributed by atoms with E-state index in [-0.39, 0.29) is 6.10 Å². The molecule has 1 saturated carbocycles. The third-order valence-corrected chi connectivity index (χ3v) is 3.74. The molecule has 17 heavy (non-hydrogen) atoms. The van der Waals surface area contributed by atoms with E-state index in [2.05, 4.69) is 17.3 Å². The number of aromatic nitrogens is 2. The molecule has 1 aromatic rings. The van der Waals surface area contributed by atoms with Crippen molar-refractivity contribution >= 4 is 0 Å². The third kappa shape index (κ3) is 3.82. The molecular formula is C13H23N3O. The van der Waals surface area contributed by atoms with Crippen molar-refractivity contribution in [2.24, 2.45) is 5.92 Å². The molecule has 4 heteroatoms. The van der Waals surface area contributed by atoms with Gasteiger partial charge in [-0.15, -0.1) is 0 Å². The van der Waals surface area contributed by atoms with Crippen molar-refractivity contribution in [3.05, 3.63) is 18.5 Å². The van der Waals surface area contributed by atoms with Gasteiger partial charge in [-0.2, -0.15) is 5.10 Å². The molecule has 1 heterocycles.